The van der Waals surface area contributed by atoms with Crippen molar-refractivity contribution in [3.8, 4) is 0 Å². The molecule has 0 spiro atoms. The first-order valence-corrected chi connectivity index (χ1v) is 8.92. The molecule has 6 nitrogen and oxygen atoms in total. The van der Waals surface area contributed by atoms with Gasteiger partial charge in [0.2, 0.25) is 0 Å². The zero-order valence-electron chi connectivity index (χ0n) is 10.8. The lowest BCUT2D eigenvalue weighted by Gasteiger charge is -2.28. The van der Waals surface area contributed by atoms with Crippen LogP contribution in [0.15, 0.2) is 20.0 Å². The first-order valence-electron chi connectivity index (χ1n) is 5.81. The van der Waals surface area contributed by atoms with Gasteiger partial charge in [-0.05, 0) is 36.2 Å². The molecular formula is C11H13BrClNO5S. The minimum atomic E-state index is -3.97. The van der Waals surface area contributed by atoms with Gasteiger partial charge in [0.05, 0.1) is 11.6 Å². The van der Waals surface area contributed by atoms with Crippen LogP contribution in [0.3, 0.4) is 0 Å². The first-order chi connectivity index (χ1) is 9.13. The summed E-state index contributed by atoms with van der Waals surface area (Å²) in [6.45, 7) is 4.28. The number of halogens is 2. The summed E-state index contributed by atoms with van der Waals surface area (Å²) >= 11 is 2.92. The van der Waals surface area contributed by atoms with Crippen LogP contribution in [0.25, 0.3) is 0 Å². The van der Waals surface area contributed by atoms with E-state index in [2.05, 4.69) is 21.2 Å². The largest absolute Gasteiger partial charge is 0.443 e. The molecule has 0 saturated carbocycles. The Hall–Kier alpha value is -0.570. The Bertz CT molecular complexity index is 643. The van der Waals surface area contributed by atoms with Crippen molar-refractivity contribution < 1.29 is 22.4 Å². The van der Waals surface area contributed by atoms with Crippen LogP contribution < -0.4 is 5.32 Å². The normalized spacial score (nSPS) is 26.7. The number of hydrogen-bond donors (Lipinski definition) is 1. The van der Waals surface area contributed by atoms with Gasteiger partial charge in [-0.1, -0.05) is 0 Å². The van der Waals surface area contributed by atoms with E-state index in [1.165, 1.54) is 0 Å². The number of nitrogens with one attached hydrogen (secondary N) is 1. The quantitative estimate of drug-likeness (QED) is 0.805. The highest BCUT2D eigenvalue weighted by Gasteiger charge is 2.39. The lowest BCUT2D eigenvalue weighted by molar-refractivity contribution is 0.0708. The zero-order chi connectivity index (χ0) is 15.1. The van der Waals surface area contributed by atoms with Crippen LogP contribution in [0.2, 0.25) is 0 Å². The Morgan fingerprint density at radius 3 is 2.70 bits per heavy atom. The third-order valence-corrected chi connectivity index (χ3v) is 5.61. The maximum atomic E-state index is 12.1. The molecule has 2 unspecified atom stereocenters. The Morgan fingerprint density at radius 1 is 1.60 bits per heavy atom. The second kappa shape index (κ2) is 5.32. The summed E-state index contributed by atoms with van der Waals surface area (Å²) in [5.74, 6) is -0.645. The van der Waals surface area contributed by atoms with Gasteiger partial charge in [0.1, 0.15) is 4.90 Å². The highest BCUT2D eigenvalue weighted by atomic mass is 79.9. The molecule has 1 aliphatic rings. The molecule has 0 bridgehead atoms. The summed E-state index contributed by atoms with van der Waals surface area (Å²) in [5, 5.41) is 2.80. The molecule has 0 aromatic carbocycles. The van der Waals surface area contributed by atoms with Crippen LogP contribution in [0, 0.1) is 0 Å². The Kier molecular flexibility index (Phi) is 4.21. The molecule has 1 aromatic heterocycles. The molecular weight excluding hydrogens is 374 g/mol. The lowest BCUT2D eigenvalue weighted by Crippen LogP contribution is -2.50. The van der Waals surface area contributed by atoms with Crippen LogP contribution in [0.1, 0.15) is 30.8 Å². The third kappa shape index (κ3) is 3.03. The molecule has 1 aromatic rings. The summed E-state index contributed by atoms with van der Waals surface area (Å²) in [4.78, 5) is 11.9. The number of ether oxygens (including phenoxy) is 1. The van der Waals surface area contributed by atoms with Gasteiger partial charge in [0.15, 0.2) is 10.4 Å². The van der Waals surface area contributed by atoms with Crippen molar-refractivity contribution in [3.63, 3.8) is 0 Å². The van der Waals surface area contributed by atoms with E-state index in [0.29, 0.717) is 13.0 Å². The van der Waals surface area contributed by atoms with E-state index < -0.39 is 20.5 Å². The van der Waals surface area contributed by atoms with Gasteiger partial charge in [-0.15, -0.1) is 0 Å². The maximum absolute atomic E-state index is 12.1. The molecule has 2 heterocycles. The van der Waals surface area contributed by atoms with Crippen molar-refractivity contribution in [2.24, 2.45) is 0 Å². The van der Waals surface area contributed by atoms with E-state index in [1.54, 1.807) is 0 Å². The standard InChI is InChI=1S/C11H13BrClNO5S/c1-6-11(2,3-4-18-6)14-10(15)7-5-8(9(12)19-7)20(13,16)17/h5-6H,3-4H2,1-2H3,(H,14,15). The van der Waals surface area contributed by atoms with E-state index in [1.807, 2.05) is 13.8 Å². The second-order valence-corrected chi connectivity index (χ2v) is 8.08. The third-order valence-electron chi connectivity index (χ3n) is 3.43. The van der Waals surface area contributed by atoms with Gasteiger partial charge in [0.25, 0.3) is 15.0 Å². The van der Waals surface area contributed by atoms with Crippen LogP contribution in [-0.2, 0) is 13.8 Å². The van der Waals surface area contributed by atoms with Gasteiger partial charge in [-0.2, -0.15) is 0 Å². The van der Waals surface area contributed by atoms with E-state index in [-0.39, 0.29) is 21.4 Å². The van der Waals surface area contributed by atoms with Gasteiger partial charge in [0, 0.05) is 23.4 Å². The molecule has 112 valence electrons. The molecule has 20 heavy (non-hydrogen) atoms. The summed E-state index contributed by atoms with van der Waals surface area (Å²) < 4.78 is 33.0. The fraction of sp³-hybridized carbons (Fsp3) is 0.545. The minimum absolute atomic E-state index is 0.0986. The van der Waals surface area contributed by atoms with Crippen molar-refractivity contribution in [3.05, 3.63) is 16.5 Å². The van der Waals surface area contributed by atoms with E-state index >= 15 is 0 Å². The van der Waals surface area contributed by atoms with Crippen LogP contribution in [-0.4, -0.2) is 32.6 Å². The highest BCUT2D eigenvalue weighted by Crippen LogP contribution is 2.30. The number of carbonyl (C=O) groups is 1. The number of rotatable bonds is 3. The topological polar surface area (TPSA) is 85.6 Å². The number of amides is 1. The van der Waals surface area contributed by atoms with Gasteiger partial charge < -0.3 is 14.5 Å². The van der Waals surface area contributed by atoms with Crippen LogP contribution >= 0.6 is 26.6 Å². The molecule has 0 aliphatic carbocycles. The number of furan rings is 1. The number of carbonyl (C=O) groups excluding carboxylic acids is 1. The summed E-state index contributed by atoms with van der Waals surface area (Å²) in [6.07, 6.45) is 0.531. The van der Waals surface area contributed by atoms with E-state index in [4.69, 9.17) is 19.8 Å². The average Bonchev–Trinajstić information content (AvgIpc) is 2.83. The van der Waals surface area contributed by atoms with Gasteiger partial charge >= 0.3 is 0 Å². The smallest absolute Gasteiger partial charge is 0.287 e. The molecule has 1 N–H and O–H groups in total. The maximum Gasteiger partial charge on any atom is 0.287 e. The fourth-order valence-corrected chi connectivity index (χ4v) is 3.98. The van der Waals surface area contributed by atoms with Crippen molar-refractivity contribution in [2.45, 2.75) is 36.8 Å². The van der Waals surface area contributed by atoms with E-state index in [0.717, 1.165) is 6.07 Å². The fourth-order valence-electron chi connectivity index (χ4n) is 1.95. The molecule has 9 heteroatoms. The first kappa shape index (κ1) is 15.8. The number of hydrogen-bond acceptors (Lipinski definition) is 5. The molecule has 2 atom stereocenters. The predicted molar refractivity (Wildman–Crippen MR) is 75.3 cm³/mol. The molecule has 1 fully saturated rings. The Balaban J connectivity index is 2.23. The van der Waals surface area contributed by atoms with Gasteiger partial charge in [-0.3, -0.25) is 4.79 Å². The van der Waals surface area contributed by atoms with Gasteiger partial charge in [-0.25, -0.2) is 8.42 Å². The minimum Gasteiger partial charge on any atom is -0.443 e. The monoisotopic (exact) mass is 385 g/mol. The average molecular weight is 387 g/mol. The molecule has 1 saturated heterocycles. The van der Waals surface area contributed by atoms with E-state index in [9.17, 15) is 13.2 Å². The highest BCUT2D eigenvalue weighted by molar-refractivity contribution is 9.10. The lowest BCUT2D eigenvalue weighted by atomic mass is 9.94. The SMILES string of the molecule is CC1OCCC1(C)NC(=O)c1cc(S(=O)(=O)Cl)c(Br)o1. The molecule has 0 radical (unpaired) electrons. The molecule has 1 aliphatic heterocycles. The predicted octanol–water partition coefficient (Wildman–Crippen LogP) is 2.27. The molecule has 2 rings (SSSR count). The second-order valence-electron chi connectivity index (χ2n) is 4.82. The summed E-state index contributed by atoms with van der Waals surface area (Å²) in [5.41, 5.74) is -0.518. The summed E-state index contributed by atoms with van der Waals surface area (Å²) in [6, 6.07) is 1.09. The van der Waals surface area contributed by atoms with Crippen LogP contribution in [0.5, 0.6) is 0 Å². The zero-order valence-corrected chi connectivity index (χ0v) is 13.9. The van der Waals surface area contributed by atoms with Crippen molar-refractivity contribution >= 4 is 41.6 Å². The Labute approximate surface area is 129 Å². The molecule has 1 amide bonds. The van der Waals surface area contributed by atoms with Crippen molar-refractivity contribution in [1.29, 1.82) is 0 Å². The summed E-state index contributed by atoms with van der Waals surface area (Å²) in [7, 11) is 1.26. The van der Waals surface area contributed by atoms with Crippen molar-refractivity contribution in [1.82, 2.24) is 5.32 Å². The van der Waals surface area contributed by atoms with Crippen molar-refractivity contribution in [2.75, 3.05) is 6.61 Å². The Morgan fingerprint density at radius 2 is 2.25 bits per heavy atom. The van der Waals surface area contributed by atoms with Crippen LogP contribution in [0.4, 0.5) is 0 Å².